The zero-order valence-electron chi connectivity index (χ0n) is 11.0. The van der Waals surface area contributed by atoms with Gasteiger partial charge < -0.3 is 14.2 Å². The van der Waals surface area contributed by atoms with Crippen molar-refractivity contribution in [2.24, 2.45) is 0 Å². The van der Waals surface area contributed by atoms with Crippen LogP contribution in [-0.4, -0.2) is 56.2 Å². The summed E-state index contributed by atoms with van der Waals surface area (Å²) in [7, 11) is 0. The minimum atomic E-state index is -0.118. The van der Waals surface area contributed by atoms with Crippen LogP contribution in [0, 0.1) is 0 Å². The molecule has 0 radical (unpaired) electrons. The number of hydrogen-bond donors (Lipinski definition) is 0. The second-order valence-electron chi connectivity index (χ2n) is 4.65. The summed E-state index contributed by atoms with van der Waals surface area (Å²) in [6, 6.07) is 0. The molecule has 4 nitrogen and oxygen atoms in total. The Hall–Kier alpha value is -0.160. The fraction of sp³-hybridized carbons (Fsp3) is 1.00. The third kappa shape index (κ3) is 4.01. The maximum atomic E-state index is 5.57. The molecule has 0 spiro atoms. The van der Waals surface area contributed by atoms with E-state index in [1.807, 2.05) is 13.8 Å². The van der Waals surface area contributed by atoms with Crippen LogP contribution in [0.4, 0.5) is 0 Å². The normalized spacial score (nSPS) is 21.6. The Morgan fingerprint density at radius 3 is 2.38 bits per heavy atom. The Kier molecular flexibility index (Phi) is 5.69. The molecule has 0 aromatic rings. The first-order valence-electron chi connectivity index (χ1n) is 6.16. The van der Waals surface area contributed by atoms with Crippen LogP contribution in [0.5, 0.6) is 0 Å². The van der Waals surface area contributed by atoms with Crippen molar-refractivity contribution < 1.29 is 14.2 Å². The summed E-state index contributed by atoms with van der Waals surface area (Å²) < 4.78 is 16.6. The van der Waals surface area contributed by atoms with Crippen molar-refractivity contribution in [3.63, 3.8) is 0 Å². The van der Waals surface area contributed by atoms with E-state index in [0.29, 0.717) is 13.2 Å². The van der Waals surface area contributed by atoms with Gasteiger partial charge >= 0.3 is 0 Å². The summed E-state index contributed by atoms with van der Waals surface area (Å²) in [6.07, 6.45) is -0.118. The molecule has 1 aliphatic heterocycles. The van der Waals surface area contributed by atoms with Gasteiger partial charge in [0.1, 0.15) is 0 Å². The molecule has 16 heavy (non-hydrogen) atoms. The van der Waals surface area contributed by atoms with E-state index in [9.17, 15) is 0 Å². The number of morpholine rings is 1. The minimum Gasteiger partial charge on any atom is -0.378 e. The van der Waals surface area contributed by atoms with E-state index in [0.717, 1.165) is 26.3 Å². The van der Waals surface area contributed by atoms with Gasteiger partial charge in [-0.2, -0.15) is 0 Å². The summed E-state index contributed by atoms with van der Waals surface area (Å²) in [4.78, 5) is 2.38. The largest absolute Gasteiger partial charge is 0.378 e. The molecule has 0 aromatic carbocycles. The molecule has 0 atom stereocenters. The van der Waals surface area contributed by atoms with Gasteiger partial charge in [-0.25, -0.2) is 0 Å². The topological polar surface area (TPSA) is 30.9 Å². The lowest BCUT2D eigenvalue weighted by Crippen LogP contribution is -2.55. The smallest absolute Gasteiger partial charge is 0.170 e. The molecule has 0 aromatic heterocycles. The minimum absolute atomic E-state index is 0.0741. The summed E-state index contributed by atoms with van der Waals surface area (Å²) in [5.41, 5.74) is 0.0741. The summed E-state index contributed by atoms with van der Waals surface area (Å²) >= 11 is 0. The second-order valence-corrected chi connectivity index (χ2v) is 4.65. The predicted molar refractivity (Wildman–Crippen MR) is 63.5 cm³/mol. The van der Waals surface area contributed by atoms with Crippen molar-refractivity contribution >= 4 is 0 Å². The standard InChI is InChI=1S/C12H25NO3/c1-5-15-11(16-6-2)9-13-7-8-14-10-12(13,3)4/h11H,5-10H2,1-4H3. The van der Waals surface area contributed by atoms with Crippen molar-refractivity contribution in [3.05, 3.63) is 0 Å². The maximum absolute atomic E-state index is 5.57. The molecule has 1 rings (SSSR count). The summed E-state index contributed by atoms with van der Waals surface area (Å²) in [6.45, 7) is 13.1. The second kappa shape index (κ2) is 6.55. The van der Waals surface area contributed by atoms with E-state index in [1.165, 1.54) is 0 Å². The highest BCUT2D eigenvalue weighted by Crippen LogP contribution is 2.19. The van der Waals surface area contributed by atoms with E-state index in [-0.39, 0.29) is 11.8 Å². The molecule has 0 unspecified atom stereocenters. The van der Waals surface area contributed by atoms with Gasteiger partial charge in [0.05, 0.1) is 19.8 Å². The van der Waals surface area contributed by atoms with Crippen molar-refractivity contribution in [1.82, 2.24) is 4.90 Å². The van der Waals surface area contributed by atoms with Crippen molar-refractivity contribution in [2.75, 3.05) is 39.5 Å². The number of nitrogens with zero attached hydrogens (tertiary/aromatic N) is 1. The van der Waals surface area contributed by atoms with Gasteiger partial charge in [-0.3, -0.25) is 4.90 Å². The van der Waals surface area contributed by atoms with Crippen LogP contribution in [-0.2, 0) is 14.2 Å². The van der Waals surface area contributed by atoms with Crippen LogP contribution < -0.4 is 0 Å². The van der Waals surface area contributed by atoms with Crippen LogP contribution in [0.2, 0.25) is 0 Å². The molecule has 0 amide bonds. The van der Waals surface area contributed by atoms with Crippen molar-refractivity contribution in [2.45, 2.75) is 39.5 Å². The lowest BCUT2D eigenvalue weighted by molar-refractivity contribution is -0.168. The molecule has 0 aliphatic carbocycles. The maximum Gasteiger partial charge on any atom is 0.170 e. The molecule has 96 valence electrons. The zero-order chi connectivity index (χ0) is 12.0. The monoisotopic (exact) mass is 231 g/mol. The molecule has 1 saturated heterocycles. The number of rotatable bonds is 6. The van der Waals surface area contributed by atoms with Gasteiger partial charge in [0.2, 0.25) is 0 Å². The Morgan fingerprint density at radius 1 is 1.25 bits per heavy atom. The molecule has 0 bridgehead atoms. The fourth-order valence-corrected chi connectivity index (χ4v) is 1.93. The number of ether oxygens (including phenoxy) is 3. The average Bonchev–Trinajstić information content (AvgIpc) is 2.22. The van der Waals surface area contributed by atoms with Gasteiger partial charge in [0.15, 0.2) is 6.29 Å². The third-order valence-electron chi connectivity index (χ3n) is 2.89. The molecular weight excluding hydrogens is 206 g/mol. The SMILES string of the molecule is CCOC(CN1CCOCC1(C)C)OCC. The van der Waals surface area contributed by atoms with E-state index in [4.69, 9.17) is 14.2 Å². The summed E-state index contributed by atoms with van der Waals surface area (Å²) in [5, 5.41) is 0. The lowest BCUT2D eigenvalue weighted by Gasteiger charge is -2.43. The predicted octanol–water partition coefficient (Wildman–Crippen LogP) is 1.50. The van der Waals surface area contributed by atoms with Crippen LogP contribution in [0.25, 0.3) is 0 Å². The van der Waals surface area contributed by atoms with Crippen LogP contribution >= 0.6 is 0 Å². The highest BCUT2D eigenvalue weighted by Gasteiger charge is 2.32. The molecule has 4 heteroatoms. The quantitative estimate of drug-likeness (QED) is 0.648. The van der Waals surface area contributed by atoms with Crippen LogP contribution in [0.15, 0.2) is 0 Å². The van der Waals surface area contributed by atoms with Gasteiger partial charge in [0, 0.05) is 25.3 Å². The van der Waals surface area contributed by atoms with Crippen molar-refractivity contribution in [1.29, 1.82) is 0 Å². The first-order chi connectivity index (χ1) is 7.60. The molecule has 1 fully saturated rings. The average molecular weight is 231 g/mol. The van der Waals surface area contributed by atoms with Gasteiger partial charge in [0.25, 0.3) is 0 Å². The molecule has 0 N–H and O–H groups in total. The zero-order valence-corrected chi connectivity index (χ0v) is 11.0. The molecule has 1 aliphatic rings. The first kappa shape index (κ1) is 13.9. The molecule has 1 heterocycles. The highest BCUT2D eigenvalue weighted by atomic mass is 16.7. The highest BCUT2D eigenvalue weighted by molar-refractivity contribution is 4.84. The Labute approximate surface area is 98.8 Å². The van der Waals surface area contributed by atoms with E-state index in [2.05, 4.69) is 18.7 Å². The number of hydrogen-bond acceptors (Lipinski definition) is 4. The molecule has 0 saturated carbocycles. The fourth-order valence-electron chi connectivity index (χ4n) is 1.93. The lowest BCUT2D eigenvalue weighted by atomic mass is 10.0. The third-order valence-corrected chi connectivity index (χ3v) is 2.89. The Balaban J connectivity index is 2.47. The van der Waals surface area contributed by atoms with E-state index in [1.54, 1.807) is 0 Å². The molecular formula is C12H25NO3. The van der Waals surface area contributed by atoms with E-state index < -0.39 is 0 Å². The van der Waals surface area contributed by atoms with Crippen LogP contribution in [0.1, 0.15) is 27.7 Å². The van der Waals surface area contributed by atoms with E-state index >= 15 is 0 Å². The van der Waals surface area contributed by atoms with Gasteiger partial charge in [-0.1, -0.05) is 0 Å². The summed E-state index contributed by atoms with van der Waals surface area (Å²) in [5.74, 6) is 0. The van der Waals surface area contributed by atoms with Crippen molar-refractivity contribution in [3.8, 4) is 0 Å². The first-order valence-corrected chi connectivity index (χ1v) is 6.16. The van der Waals surface area contributed by atoms with Gasteiger partial charge in [-0.05, 0) is 27.7 Å². The Bertz CT molecular complexity index is 191. The van der Waals surface area contributed by atoms with Gasteiger partial charge in [-0.15, -0.1) is 0 Å². The van der Waals surface area contributed by atoms with Crippen LogP contribution in [0.3, 0.4) is 0 Å². The Morgan fingerprint density at radius 2 is 1.88 bits per heavy atom.